The highest BCUT2D eigenvalue weighted by Crippen LogP contribution is 2.35. The second-order valence-electron chi connectivity index (χ2n) is 6.39. The van der Waals surface area contributed by atoms with Gasteiger partial charge in [0.2, 0.25) is 0 Å². The van der Waals surface area contributed by atoms with Gasteiger partial charge in [-0.05, 0) is 44.0 Å². The van der Waals surface area contributed by atoms with E-state index in [0.717, 1.165) is 11.6 Å². The fourth-order valence-electron chi connectivity index (χ4n) is 3.10. The van der Waals surface area contributed by atoms with Crippen LogP contribution in [0.3, 0.4) is 0 Å². The molecule has 8 heteroatoms. The maximum absolute atomic E-state index is 13.2. The number of aryl methyl sites for hydroxylation is 2. The number of pyridine rings is 1. The third kappa shape index (κ3) is 3.69. The lowest BCUT2D eigenvalue weighted by Crippen LogP contribution is -2.18. The molecule has 4 nitrogen and oxygen atoms in total. The molecule has 0 fully saturated rings. The summed E-state index contributed by atoms with van der Waals surface area (Å²) in [5.74, 6) is 0.707. The van der Waals surface area contributed by atoms with Crippen LogP contribution in [0.4, 0.5) is 13.2 Å². The highest BCUT2D eigenvalue weighted by molar-refractivity contribution is 6.30. The van der Waals surface area contributed by atoms with Gasteiger partial charge in [0.1, 0.15) is 11.0 Å². The maximum Gasteiger partial charge on any atom is 0.416 e. The normalized spacial score (nSPS) is 14.0. The molecule has 0 aliphatic rings. The van der Waals surface area contributed by atoms with Crippen molar-refractivity contribution in [3.8, 4) is 0 Å². The van der Waals surface area contributed by atoms with E-state index in [1.165, 1.54) is 13.0 Å². The lowest BCUT2D eigenvalue weighted by atomic mass is 9.97. The van der Waals surface area contributed by atoms with Gasteiger partial charge in [0.15, 0.2) is 5.49 Å². The molecule has 2 aromatic heterocycles. The van der Waals surface area contributed by atoms with Gasteiger partial charge in [0, 0.05) is 12.4 Å². The average molecular weight is 395 g/mol. The van der Waals surface area contributed by atoms with Crippen LogP contribution in [0.2, 0.25) is 5.15 Å². The average Bonchev–Trinajstić information content (AvgIpc) is 2.58. The van der Waals surface area contributed by atoms with Gasteiger partial charge >= 0.3 is 6.18 Å². The smallest absolute Gasteiger partial charge is 0.331 e. The Bertz CT molecular complexity index is 1090. The van der Waals surface area contributed by atoms with Crippen LogP contribution in [0.1, 0.15) is 35.5 Å². The van der Waals surface area contributed by atoms with E-state index in [1.807, 2.05) is 18.5 Å². The summed E-state index contributed by atoms with van der Waals surface area (Å²) in [6.07, 6.45) is -2.77. The highest BCUT2D eigenvalue weighted by Gasteiger charge is 2.33. The highest BCUT2D eigenvalue weighted by atomic mass is 35.5. The molecular weight excluding hydrogens is 377 g/mol. The van der Waals surface area contributed by atoms with Crippen molar-refractivity contribution >= 4 is 22.5 Å². The summed E-state index contributed by atoms with van der Waals surface area (Å²) in [7, 11) is 1.85. The van der Waals surface area contributed by atoms with Crippen LogP contribution in [0.15, 0.2) is 35.5 Å². The van der Waals surface area contributed by atoms with Gasteiger partial charge in [-0.2, -0.15) is 13.2 Å². The Morgan fingerprint density at radius 3 is 2.59 bits per heavy atom. The first-order valence-electron chi connectivity index (χ1n) is 8.29. The minimum atomic E-state index is -4.40. The number of hydrogen-bond acceptors (Lipinski definition) is 3. The monoisotopic (exact) mass is 394 g/mol. The lowest BCUT2D eigenvalue weighted by molar-refractivity contribution is -0.138. The Morgan fingerprint density at radius 1 is 1.22 bits per heavy atom. The second-order valence-corrected chi connectivity index (χ2v) is 6.78. The van der Waals surface area contributed by atoms with E-state index in [2.05, 4.69) is 15.0 Å². The summed E-state index contributed by atoms with van der Waals surface area (Å²) in [5.41, 5.74) is 1.24. The number of halogens is 4. The summed E-state index contributed by atoms with van der Waals surface area (Å²) in [6.45, 7) is 5.04. The number of nitrogens with zero attached hydrogens (tertiary/aromatic N) is 4. The first-order chi connectivity index (χ1) is 12.6. The van der Waals surface area contributed by atoms with Crippen LogP contribution >= 0.6 is 11.6 Å². The molecule has 0 amide bonds. The van der Waals surface area contributed by atoms with Crippen molar-refractivity contribution in [3.63, 3.8) is 0 Å². The Labute approximate surface area is 159 Å². The molecule has 0 aliphatic carbocycles. The molecule has 0 bridgehead atoms. The minimum Gasteiger partial charge on any atom is -0.331 e. The number of benzene rings is 1. The largest absolute Gasteiger partial charge is 0.416 e. The third-order valence-electron chi connectivity index (χ3n) is 4.65. The fourth-order valence-corrected chi connectivity index (χ4v) is 3.25. The van der Waals surface area contributed by atoms with Crippen molar-refractivity contribution in [2.24, 2.45) is 12.0 Å². The maximum atomic E-state index is 13.2. The quantitative estimate of drug-likeness (QED) is 0.579. The first-order valence-corrected chi connectivity index (χ1v) is 8.67. The summed E-state index contributed by atoms with van der Waals surface area (Å²) >= 11 is 6.02. The van der Waals surface area contributed by atoms with Crippen molar-refractivity contribution in [1.29, 1.82) is 0 Å². The molecule has 0 radical (unpaired) electrons. The molecule has 3 aromatic rings. The summed E-state index contributed by atoms with van der Waals surface area (Å²) in [4.78, 5) is 13.2. The van der Waals surface area contributed by atoms with E-state index in [9.17, 15) is 13.2 Å². The van der Waals surface area contributed by atoms with E-state index in [1.54, 1.807) is 25.3 Å². The topological polar surface area (TPSA) is 43.1 Å². The number of fused-ring (bicyclic) bond motifs is 1. The van der Waals surface area contributed by atoms with Gasteiger partial charge in [0.25, 0.3) is 0 Å². The van der Waals surface area contributed by atoms with E-state index in [4.69, 9.17) is 11.6 Å². The van der Waals surface area contributed by atoms with Gasteiger partial charge in [-0.25, -0.2) is 9.97 Å². The Morgan fingerprint density at radius 2 is 1.93 bits per heavy atom. The molecule has 1 aromatic carbocycles. The minimum absolute atomic E-state index is 0.170. The number of hydrogen-bond donors (Lipinski definition) is 0. The van der Waals surface area contributed by atoms with Gasteiger partial charge in [-0.15, -0.1) is 0 Å². The Hall–Kier alpha value is -2.41. The fraction of sp³-hybridized carbons (Fsp3) is 0.316. The van der Waals surface area contributed by atoms with Crippen LogP contribution in [-0.4, -0.2) is 14.5 Å². The molecule has 0 saturated carbocycles. The van der Waals surface area contributed by atoms with Crippen molar-refractivity contribution in [2.75, 3.05) is 0 Å². The molecule has 0 aliphatic heterocycles. The lowest BCUT2D eigenvalue weighted by Gasteiger charge is -2.16. The standard InChI is InChI=1S/C19H18ClF3N4/c1-10-13(6-5-7-15(10)19(21,22)23)11(2)25-18-14-8-17(20)24-9-16(14)27(4)12(3)26-18/h5-9,11H,1-4H3/b25-18-/t11-/m1/s1. The van der Waals surface area contributed by atoms with E-state index >= 15 is 0 Å². The van der Waals surface area contributed by atoms with Crippen LogP contribution in [0.5, 0.6) is 0 Å². The van der Waals surface area contributed by atoms with E-state index in [-0.39, 0.29) is 5.56 Å². The Kier molecular flexibility index (Phi) is 4.99. The van der Waals surface area contributed by atoms with Gasteiger partial charge < -0.3 is 4.57 Å². The third-order valence-corrected chi connectivity index (χ3v) is 4.86. The van der Waals surface area contributed by atoms with Crippen molar-refractivity contribution in [3.05, 3.63) is 63.6 Å². The van der Waals surface area contributed by atoms with Crippen molar-refractivity contribution in [1.82, 2.24) is 14.5 Å². The van der Waals surface area contributed by atoms with Crippen molar-refractivity contribution < 1.29 is 13.2 Å². The summed E-state index contributed by atoms with van der Waals surface area (Å²) in [6, 6.07) is 5.29. The molecule has 0 unspecified atom stereocenters. The zero-order valence-corrected chi connectivity index (χ0v) is 16.0. The molecule has 2 heterocycles. The van der Waals surface area contributed by atoms with Crippen LogP contribution in [0.25, 0.3) is 10.9 Å². The SMILES string of the molecule is Cc1c([C@@H](C)/N=c2\nc(C)n(C)c3cnc(Cl)cc23)cccc1C(F)(F)F. The molecule has 0 spiro atoms. The zero-order chi connectivity index (χ0) is 19.9. The predicted octanol–water partition coefficient (Wildman–Crippen LogP) is 4.92. The molecule has 27 heavy (non-hydrogen) atoms. The Balaban J connectivity index is 2.21. The van der Waals surface area contributed by atoms with Crippen LogP contribution in [-0.2, 0) is 13.2 Å². The summed E-state index contributed by atoms with van der Waals surface area (Å²) in [5, 5.41) is 0.993. The molecular formula is C19H18ClF3N4. The van der Waals surface area contributed by atoms with Gasteiger partial charge in [0.05, 0.1) is 23.3 Å². The summed E-state index contributed by atoms with van der Waals surface area (Å²) < 4.78 is 41.5. The molecule has 0 N–H and O–H groups in total. The molecule has 0 saturated heterocycles. The number of aromatic nitrogens is 3. The molecule has 1 atom stereocenters. The van der Waals surface area contributed by atoms with Crippen LogP contribution in [0, 0.1) is 13.8 Å². The first kappa shape index (κ1) is 19.4. The van der Waals surface area contributed by atoms with Gasteiger partial charge in [-0.3, -0.25) is 4.99 Å². The van der Waals surface area contributed by atoms with Crippen molar-refractivity contribution in [2.45, 2.75) is 33.0 Å². The van der Waals surface area contributed by atoms with E-state index < -0.39 is 17.8 Å². The van der Waals surface area contributed by atoms with Crippen LogP contribution < -0.4 is 5.49 Å². The number of rotatable bonds is 2. The molecule has 3 rings (SSSR count). The zero-order valence-electron chi connectivity index (χ0n) is 15.3. The molecule has 142 valence electrons. The number of alkyl halides is 3. The predicted molar refractivity (Wildman–Crippen MR) is 98.4 cm³/mol. The van der Waals surface area contributed by atoms with Gasteiger partial charge in [-0.1, -0.05) is 23.7 Å². The van der Waals surface area contributed by atoms with E-state index in [0.29, 0.717) is 27.4 Å². The second kappa shape index (κ2) is 6.96.